The molecule has 642 valence electrons. The summed E-state index contributed by atoms with van der Waals surface area (Å²) < 4.78 is 121. The fourth-order valence-electron chi connectivity index (χ4n) is 12.9. The largest absolute Gasteiger partial charge is 0.444 e. The Morgan fingerprint density at radius 2 is 1.08 bits per heavy atom. The Morgan fingerprint density at radius 1 is 0.613 bits per heavy atom. The average molecular weight is 1760 g/mol. The van der Waals surface area contributed by atoms with Crippen LogP contribution in [0.15, 0.2) is 134 Å². The number of halogens is 1. The molecule has 9 aromatic rings. The van der Waals surface area contributed by atoms with Gasteiger partial charge in [0.25, 0.3) is 0 Å². The maximum Gasteiger partial charge on any atom is 0.410 e. The molecule has 0 atom stereocenters. The lowest BCUT2D eigenvalue weighted by Crippen LogP contribution is -2.66. The molecule has 4 fully saturated rings. The monoisotopic (exact) mass is 1760 g/mol. The standard InChI is InChI=1S/C24H34N6O3SSi.C18H20N6O2S.C16H22N4OSi.C10H14N2O2.C8H12N2O2S.C4H9ClO2S/c1-6-12-34(31,32)29-17-24(18-29,16-25-2)30-15-20(14-27-30)21-7-9-26-23-22(21)8-10-28(23)19-33-11-13-35(3,4)5;1-2-9-27(25,26)23-12-18(13-23,5-6-19)24-11-14(10-22-24)15-3-7-20-17-16(15)4-8-21-17;1-22(2,3)9-8-21-12-20-7-5-15-14(4-6-17-16(15)20)13-10-18-19-11-13;1-10(2,3)14-9(13)12-6-8(7-12)5-11-4;1-3-4-13(11,12)10-6-8(7-10)5-9-2;1-2-3-4-8(5,6)7/h7-10,14-15H,6,11-13,16-19H2,1,3-5H3;3-4,7-8,10-11H,2,5,9,12-13H2,1H3,(H,20,21);4-7,10-11H,8-9,12H2,1-3H3,(H,18,19);5H,6-7H2,1-3H3;5H,3-4,6-7H2,1H3;2-4H2,1H3. The molecule has 13 heterocycles. The van der Waals surface area contributed by atoms with Crippen molar-refractivity contribution in [1.82, 2.24) is 76.6 Å². The number of hydrogen-bond acceptors (Lipinski definition) is 19. The molecular formula is C80H111ClN20O12S4Si2. The van der Waals surface area contributed by atoms with E-state index in [0.717, 1.165) is 103 Å². The van der Waals surface area contributed by atoms with E-state index >= 15 is 0 Å². The van der Waals surface area contributed by atoms with E-state index in [1.165, 1.54) is 31.4 Å². The number of ether oxygens (including phenoxy) is 3. The summed E-state index contributed by atoms with van der Waals surface area (Å²) in [5.74, 6) is 0.561. The summed E-state index contributed by atoms with van der Waals surface area (Å²) in [5.41, 5.74) is 8.80. The molecule has 0 saturated carbocycles. The molecule has 119 heavy (non-hydrogen) atoms. The van der Waals surface area contributed by atoms with Gasteiger partial charge in [0, 0.05) is 181 Å². The summed E-state index contributed by atoms with van der Waals surface area (Å²) >= 11 is 0. The Bertz CT molecular complexity index is 5610. The smallest absolute Gasteiger partial charge is 0.410 e. The fraction of sp³-hybridized carbons (Fsp3) is 0.512. The van der Waals surface area contributed by atoms with Crippen LogP contribution in [0.3, 0.4) is 0 Å². The lowest BCUT2D eigenvalue weighted by Gasteiger charge is -2.47. The van der Waals surface area contributed by atoms with Crippen LogP contribution in [0.25, 0.3) is 81.0 Å². The minimum Gasteiger partial charge on any atom is -0.444 e. The van der Waals surface area contributed by atoms with Gasteiger partial charge in [-0.15, -0.1) is 0 Å². The molecule has 0 spiro atoms. The molecule has 9 aromatic heterocycles. The van der Waals surface area contributed by atoms with E-state index in [-0.39, 0.29) is 68.2 Å². The third-order valence-electron chi connectivity index (χ3n) is 19.5. The summed E-state index contributed by atoms with van der Waals surface area (Å²) in [7, 11) is -10.1. The molecule has 0 bridgehead atoms. The van der Waals surface area contributed by atoms with Gasteiger partial charge in [-0.1, -0.05) is 73.4 Å². The Kier molecular flexibility index (Phi) is 33.5. The number of amides is 1. The average Bonchev–Trinajstić information content (AvgIpc) is 1.67. The van der Waals surface area contributed by atoms with Gasteiger partial charge < -0.3 is 38.1 Å². The van der Waals surface area contributed by atoms with E-state index in [1.54, 1.807) is 39.1 Å². The van der Waals surface area contributed by atoms with Gasteiger partial charge in [-0.25, -0.2) is 69.7 Å². The highest BCUT2D eigenvalue weighted by atomic mass is 35.7. The second kappa shape index (κ2) is 41.8. The first kappa shape index (κ1) is 95.2. The molecule has 4 saturated heterocycles. The molecule has 1 amide bonds. The number of pyridine rings is 3. The Balaban J connectivity index is 0.000000188. The van der Waals surface area contributed by atoms with Gasteiger partial charge >= 0.3 is 6.09 Å². The van der Waals surface area contributed by atoms with Gasteiger partial charge in [-0.05, 0) is 123 Å². The zero-order valence-electron chi connectivity index (χ0n) is 70.2. The number of carbonyl (C=O) groups excluding carboxylic acids is 1. The number of nitriles is 1. The van der Waals surface area contributed by atoms with Crippen LogP contribution in [0.4, 0.5) is 4.79 Å². The van der Waals surface area contributed by atoms with Crippen LogP contribution in [0.1, 0.15) is 87.0 Å². The molecule has 2 N–H and O–H groups in total. The minimum absolute atomic E-state index is 0.102. The number of hydrogen-bond donors (Lipinski definition) is 2. The molecule has 0 radical (unpaired) electrons. The van der Waals surface area contributed by atoms with E-state index in [2.05, 4.69) is 111 Å². The number of H-pyrrole nitrogens is 2. The van der Waals surface area contributed by atoms with Crippen molar-refractivity contribution in [3.63, 3.8) is 0 Å². The quantitative estimate of drug-likeness (QED) is 0.0190. The number of sulfonamides is 3. The van der Waals surface area contributed by atoms with Crippen LogP contribution >= 0.6 is 10.7 Å². The first-order chi connectivity index (χ1) is 56.2. The van der Waals surface area contributed by atoms with Crippen molar-refractivity contribution >= 4 is 105 Å². The minimum atomic E-state index is -3.29. The molecule has 39 heteroatoms. The zero-order chi connectivity index (χ0) is 87.2. The number of likely N-dealkylation sites (tertiary alicyclic amines) is 1. The van der Waals surface area contributed by atoms with Crippen molar-refractivity contribution < 1.29 is 52.7 Å². The first-order valence-corrected chi connectivity index (χ1v) is 54.1. The predicted molar refractivity (Wildman–Crippen MR) is 470 cm³/mol. The van der Waals surface area contributed by atoms with E-state index in [1.807, 2.05) is 133 Å². The van der Waals surface area contributed by atoms with E-state index < -0.39 is 71.9 Å². The van der Waals surface area contributed by atoms with Crippen LogP contribution in [0.2, 0.25) is 51.4 Å². The number of aromatic amines is 2. The van der Waals surface area contributed by atoms with E-state index in [0.29, 0.717) is 65.3 Å². The number of rotatable bonds is 29. The van der Waals surface area contributed by atoms with Crippen molar-refractivity contribution in [3.05, 3.63) is 169 Å². The van der Waals surface area contributed by atoms with Crippen LogP contribution in [-0.2, 0) is 77.9 Å². The summed E-state index contributed by atoms with van der Waals surface area (Å²) in [6, 6.07) is 16.5. The van der Waals surface area contributed by atoms with Gasteiger partial charge in [-0.2, -0.15) is 33.5 Å². The van der Waals surface area contributed by atoms with E-state index in [4.69, 9.17) is 44.6 Å². The second-order valence-corrected chi connectivity index (χ2v) is 53.4. The molecule has 13 rings (SSSR count). The van der Waals surface area contributed by atoms with Gasteiger partial charge in [0.15, 0.2) is 17.9 Å². The number of unbranched alkanes of at least 4 members (excludes halogenated alkanes) is 1. The first-order valence-electron chi connectivity index (χ1n) is 39.4. The number of nitrogens with one attached hydrogen (secondary N) is 2. The maximum absolute atomic E-state index is 12.5. The summed E-state index contributed by atoms with van der Waals surface area (Å²) in [5, 5.41) is 28.3. The Labute approximate surface area is 706 Å². The van der Waals surface area contributed by atoms with Crippen LogP contribution in [-0.4, -0.2) is 233 Å². The van der Waals surface area contributed by atoms with Gasteiger partial charge in [0.2, 0.25) is 45.7 Å². The summed E-state index contributed by atoms with van der Waals surface area (Å²) in [6.07, 6.45) is 28.4. The van der Waals surface area contributed by atoms with Crippen LogP contribution in [0, 0.1) is 31.0 Å². The molecule has 32 nitrogen and oxygen atoms in total. The summed E-state index contributed by atoms with van der Waals surface area (Å²) in [4.78, 5) is 39.2. The predicted octanol–water partition coefficient (Wildman–Crippen LogP) is 14.0. The number of carbonyl (C=O) groups is 1. The molecule has 4 aliphatic rings. The van der Waals surface area contributed by atoms with Crippen molar-refractivity contribution in [2.75, 3.05) is 95.1 Å². The molecule has 0 aromatic carbocycles. The number of aromatic nitrogens is 12. The number of nitrogens with zero attached hydrogens (tertiary/aromatic N) is 18. The zero-order valence-corrected chi connectivity index (χ0v) is 76.2. The van der Waals surface area contributed by atoms with E-state index in [9.17, 15) is 43.7 Å². The van der Waals surface area contributed by atoms with Gasteiger partial charge in [0.05, 0.1) is 67.2 Å². The summed E-state index contributed by atoms with van der Waals surface area (Å²) in [6.45, 7) is 53.4. The Hall–Kier alpha value is -9.27. The van der Waals surface area contributed by atoms with Crippen molar-refractivity contribution in [1.29, 1.82) is 5.26 Å². The SMILES string of the molecule is CCCCS(=O)(=O)Cl.CCCS(=O)(=O)N1CC(CC#N)(n2cc(-c3ccnc4[nH]ccc34)cn2)C1.C[Si](C)(C)CCOCn1ccc2c(-c3cn[nH]c3)ccnc21.[C-]#[N+]C=C1CN(C(=O)OC(C)(C)C)C1.[C-]#[N+]C=C1CN(S(=O)(=O)CCC)C1.[C-]#[N+]CC1(n2cc(-c3ccnc4c3ccn4COCC[Si](C)(C)C)cn2)CN(S(=O)(=O)CCC)C1. The molecular weight excluding hydrogens is 1650 g/mol. The molecule has 0 unspecified atom stereocenters. The molecule has 0 aliphatic carbocycles. The number of fused-ring (bicyclic) bond motifs is 3. The van der Waals surface area contributed by atoms with Crippen molar-refractivity contribution in [2.24, 2.45) is 0 Å². The van der Waals surface area contributed by atoms with Gasteiger partial charge in [0.1, 0.15) is 41.5 Å². The van der Waals surface area contributed by atoms with Crippen molar-refractivity contribution in [2.45, 2.75) is 169 Å². The second-order valence-electron chi connectivity index (χ2n) is 33.0. The lowest BCUT2D eigenvalue weighted by molar-refractivity contribution is 0.0214. The third-order valence-corrected chi connectivity index (χ3v) is 30.0. The highest BCUT2D eigenvalue weighted by Gasteiger charge is 2.53. The molecule has 4 aliphatic heterocycles. The lowest BCUT2D eigenvalue weighted by atomic mass is 9.89. The topological polar surface area (TPSA) is 360 Å². The van der Waals surface area contributed by atoms with Crippen molar-refractivity contribution in [3.8, 4) is 39.4 Å². The Morgan fingerprint density at radius 3 is 1.50 bits per heavy atom. The third kappa shape index (κ3) is 26.6. The fourth-order valence-corrected chi connectivity index (χ4v) is 20.2. The highest BCUT2D eigenvalue weighted by molar-refractivity contribution is 8.13. The van der Waals surface area contributed by atoms with Crippen LogP contribution in [0.5, 0.6) is 0 Å². The normalized spacial score (nSPS) is 15.4. The highest BCUT2D eigenvalue weighted by Crippen LogP contribution is 2.39. The maximum atomic E-state index is 12.5. The van der Waals surface area contributed by atoms with Gasteiger partial charge in [-0.3, -0.25) is 14.5 Å². The van der Waals surface area contributed by atoms with Crippen LogP contribution < -0.4 is 0 Å².